The molecule has 0 saturated carbocycles. The van der Waals surface area contributed by atoms with Crippen LogP contribution < -0.4 is 15.4 Å². The van der Waals surface area contributed by atoms with Crippen molar-refractivity contribution in [1.29, 1.82) is 0 Å². The summed E-state index contributed by atoms with van der Waals surface area (Å²) >= 11 is 0. The molecule has 1 aliphatic heterocycles. The number of anilines is 1. The first-order chi connectivity index (χ1) is 10.2. The molecule has 3 rings (SSSR count). The van der Waals surface area contributed by atoms with Gasteiger partial charge in [-0.05, 0) is 30.5 Å². The Hall–Kier alpha value is -2.08. The molecule has 112 valence electrons. The molecule has 1 atom stereocenters. The molecule has 0 aliphatic carbocycles. The zero-order valence-electron chi connectivity index (χ0n) is 12.2. The third-order valence-electron chi connectivity index (χ3n) is 3.79. The lowest BCUT2D eigenvalue weighted by atomic mass is 10.1. The molecule has 2 heterocycles. The SMILES string of the molecule is COc1ccc(Cc2nc(N3CCCC(N)C3)n[nH]2)cc1. The van der Waals surface area contributed by atoms with Crippen molar-refractivity contribution in [2.24, 2.45) is 5.73 Å². The van der Waals surface area contributed by atoms with Crippen LogP contribution in [0.2, 0.25) is 0 Å². The predicted octanol–water partition coefficient (Wildman–Crippen LogP) is 1.33. The second-order valence-electron chi connectivity index (χ2n) is 5.46. The minimum atomic E-state index is 0.224. The van der Waals surface area contributed by atoms with Crippen LogP contribution in [-0.2, 0) is 6.42 Å². The van der Waals surface area contributed by atoms with Gasteiger partial charge in [0.1, 0.15) is 11.6 Å². The van der Waals surface area contributed by atoms with E-state index in [1.54, 1.807) is 7.11 Å². The molecule has 0 spiro atoms. The van der Waals surface area contributed by atoms with E-state index in [1.165, 1.54) is 5.56 Å². The quantitative estimate of drug-likeness (QED) is 0.887. The molecule has 1 aromatic carbocycles. The van der Waals surface area contributed by atoms with Gasteiger partial charge >= 0.3 is 0 Å². The average Bonchev–Trinajstić information content (AvgIpc) is 2.97. The van der Waals surface area contributed by atoms with Crippen molar-refractivity contribution < 1.29 is 4.74 Å². The standard InChI is InChI=1S/C15H21N5O/c1-21-13-6-4-11(5-7-13)9-14-17-15(19-18-14)20-8-2-3-12(16)10-20/h4-7,12H,2-3,8-10,16H2,1H3,(H,17,18,19). The smallest absolute Gasteiger partial charge is 0.244 e. The molecule has 21 heavy (non-hydrogen) atoms. The molecule has 2 aromatic rings. The zero-order valence-corrected chi connectivity index (χ0v) is 12.2. The van der Waals surface area contributed by atoms with Crippen LogP contribution >= 0.6 is 0 Å². The van der Waals surface area contributed by atoms with E-state index in [9.17, 15) is 0 Å². The molecule has 1 aliphatic rings. The number of hydrogen-bond donors (Lipinski definition) is 2. The second kappa shape index (κ2) is 6.13. The van der Waals surface area contributed by atoms with Gasteiger partial charge in [-0.25, -0.2) is 0 Å². The number of H-pyrrole nitrogens is 1. The zero-order chi connectivity index (χ0) is 14.7. The molecular weight excluding hydrogens is 266 g/mol. The van der Waals surface area contributed by atoms with Gasteiger partial charge in [0.2, 0.25) is 5.95 Å². The number of aromatic nitrogens is 3. The molecule has 1 saturated heterocycles. The van der Waals surface area contributed by atoms with E-state index in [0.717, 1.165) is 49.9 Å². The number of ether oxygens (including phenoxy) is 1. The Morgan fingerprint density at radius 3 is 2.90 bits per heavy atom. The van der Waals surface area contributed by atoms with Gasteiger partial charge < -0.3 is 15.4 Å². The van der Waals surface area contributed by atoms with E-state index >= 15 is 0 Å². The van der Waals surface area contributed by atoms with Crippen LogP contribution in [0.1, 0.15) is 24.2 Å². The number of benzene rings is 1. The van der Waals surface area contributed by atoms with Crippen LogP contribution in [-0.4, -0.2) is 41.4 Å². The third-order valence-corrected chi connectivity index (χ3v) is 3.79. The number of piperidine rings is 1. The second-order valence-corrected chi connectivity index (χ2v) is 5.46. The fourth-order valence-electron chi connectivity index (χ4n) is 2.63. The van der Waals surface area contributed by atoms with Crippen molar-refractivity contribution in [1.82, 2.24) is 15.2 Å². The van der Waals surface area contributed by atoms with Crippen LogP contribution in [0.4, 0.5) is 5.95 Å². The molecule has 0 radical (unpaired) electrons. The van der Waals surface area contributed by atoms with Crippen LogP contribution in [0.25, 0.3) is 0 Å². The maximum atomic E-state index is 6.00. The van der Waals surface area contributed by atoms with Gasteiger partial charge in [0.25, 0.3) is 0 Å². The Balaban J connectivity index is 1.66. The van der Waals surface area contributed by atoms with E-state index in [2.05, 4.69) is 20.1 Å². The van der Waals surface area contributed by atoms with E-state index in [4.69, 9.17) is 10.5 Å². The van der Waals surface area contributed by atoms with Gasteiger partial charge in [-0.1, -0.05) is 12.1 Å². The fourth-order valence-corrected chi connectivity index (χ4v) is 2.63. The monoisotopic (exact) mass is 287 g/mol. The Morgan fingerprint density at radius 2 is 2.19 bits per heavy atom. The first-order valence-corrected chi connectivity index (χ1v) is 7.29. The maximum Gasteiger partial charge on any atom is 0.244 e. The molecule has 0 bridgehead atoms. The molecule has 1 unspecified atom stereocenters. The van der Waals surface area contributed by atoms with Crippen LogP contribution in [0.15, 0.2) is 24.3 Å². The van der Waals surface area contributed by atoms with Gasteiger partial charge in [-0.3, -0.25) is 5.10 Å². The summed E-state index contributed by atoms with van der Waals surface area (Å²) in [5, 5.41) is 7.33. The van der Waals surface area contributed by atoms with Gasteiger partial charge in [0, 0.05) is 25.6 Å². The van der Waals surface area contributed by atoms with Gasteiger partial charge in [0.05, 0.1) is 7.11 Å². The summed E-state index contributed by atoms with van der Waals surface area (Å²) < 4.78 is 5.16. The summed E-state index contributed by atoms with van der Waals surface area (Å²) in [7, 11) is 1.67. The molecule has 3 N–H and O–H groups in total. The molecule has 1 fully saturated rings. The van der Waals surface area contributed by atoms with E-state index in [-0.39, 0.29) is 6.04 Å². The van der Waals surface area contributed by atoms with Crippen molar-refractivity contribution >= 4 is 5.95 Å². The van der Waals surface area contributed by atoms with Crippen LogP contribution in [0, 0.1) is 0 Å². The predicted molar refractivity (Wildman–Crippen MR) is 81.6 cm³/mol. The van der Waals surface area contributed by atoms with Crippen molar-refractivity contribution in [2.45, 2.75) is 25.3 Å². The Kier molecular flexibility index (Phi) is 4.06. The number of rotatable bonds is 4. The van der Waals surface area contributed by atoms with Crippen molar-refractivity contribution in [2.75, 3.05) is 25.1 Å². The summed E-state index contributed by atoms with van der Waals surface area (Å²) in [6.07, 6.45) is 2.92. The molecule has 0 amide bonds. The minimum absolute atomic E-state index is 0.224. The lowest BCUT2D eigenvalue weighted by molar-refractivity contribution is 0.414. The van der Waals surface area contributed by atoms with E-state index < -0.39 is 0 Å². The maximum absolute atomic E-state index is 6.00. The summed E-state index contributed by atoms with van der Waals surface area (Å²) in [6.45, 7) is 1.81. The number of nitrogens with two attached hydrogens (primary N) is 1. The summed E-state index contributed by atoms with van der Waals surface area (Å²) in [6, 6.07) is 8.21. The Morgan fingerprint density at radius 1 is 1.38 bits per heavy atom. The van der Waals surface area contributed by atoms with Crippen molar-refractivity contribution in [3.63, 3.8) is 0 Å². The van der Waals surface area contributed by atoms with E-state index in [0.29, 0.717) is 0 Å². The minimum Gasteiger partial charge on any atom is -0.497 e. The highest BCUT2D eigenvalue weighted by Gasteiger charge is 2.20. The number of methoxy groups -OCH3 is 1. The summed E-state index contributed by atoms with van der Waals surface area (Å²) in [5.74, 6) is 2.49. The number of hydrogen-bond acceptors (Lipinski definition) is 5. The first kappa shape index (κ1) is 13.9. The van der Waals surface area contributed by atoms with Crippen molar-refractivity contribution in [3.05, 3.63) is 35.7 Å². The van der Waals surface area contributed by atoms with Gasteiger partial charge in [-0.15, -0.1) is 5.10 Å². The highest BCUT2D eigenvalue weighted by atomic mass is 16.5. The average molecular weight is 287 g/mol. The third kappa shape index (κ3) is 3.33. The normalized spacial score (nSPS) is 18.8. The van der Waals surface area contributed by atoms with E-state index in [1.807, 2.05) is 24.3 Å². The summed E-state index contributed by atoms with van der Waals surface area (Å²) in [4.78, 5) is 6.73. The van der Waals surface area contributed by atoms with Crippen LogP contribution in [0.5, 0.6) is 5.75 Å². The lowest BCUT2D eigenvalue weighted by Gasteiger charge is -2.29. The largest absolute Gasteiger partial charge is 0.497 e. The van der Waals surface area contributed by atoms with Gasteiger partial charge in [0.15, 0.2) is 0 Å². The number of nitrogens with zero attached hydrogens (tertiary/aromatic N) is 3. The van der Waals surface area contributed by atoms with Crippen LogP contribution in [0.3, 0.4) is 0 Å². The summed E-state index contributed by atoms with van der Waals surface area (Å²) in [5.41, 5.74) is 7.18. The molecule has 1 aromatic heterocycles. The molecule has 6 heteroatoms. The Bertz CT molecular complexity index is 580. The molecule has 6 nitrogen and oxygen atoms in total. The number of nitrogens with one attached hydrogen (secondary N) is 1. The fraction of sp³-hybridized carbons (Fsp3) is 0.467. The van der Waals surface area contributed by atoms with Crippen molar-refractivity contribution in [3.8, 4) is 5.75 Å². The number of aromatic amines is 1. The highest BCUT2D eigenvalue weighted by molar-refractivity contribution is 5.32. The topological polar surface area (TPSA) is 80.1 Å². The highest BCUT2D eigenvalue weighted by Crippen LogP contribution is 2.17. The van der Waals surface area contributed by atoms with Gasteiger partial charge in [-0.2, -0.15) is 4.98 Å². The Labute approximate surface area is 124 Å². The lowest BCUT2D eigenvalue weighted by Crippen LogP contribution is -2.43. The molecular formula is C15H21N5O. The first-order valence-electron chi connectivity index (χ1n) is 7.29.